The van der Waals surface area contributed by atoms with Gasteiger partial charge in [-0.25, -0.2) is 0 Å². The molecule has 2 amide bonds. The van der Waals surface area contributed by atoms with Gasteiger partial charge in [0.05, 0.1) is 11.6 Å². The fourth-order valence-corrected chi connectivity index (χ4v) is 2.58. The summed E-state index contributed by atoms with van der Waals surface area (Å²) in [6.45, 7) is 0.478. The highest BCUT2D eigenvalue weighted by Gasteiger charge is 2.12. The molecule has 0 saturated heterocycles. The van der Waals surface area contributed by atoms with Crippen LogP contribution < -0.4 is 10.6 Å². The van der Waals surface area contributed by atoms with E-state index in [2.05, 4.69) is 15.6 Å². The van der Waals surface area contributed by atoms with Crippen LogP contribution in [0.25, 0.3) is 0 Å². The molecule has 0 atom stereocenters. The van der Waals surface area contributed by atoms with Crippen molar-refractivity contribution < 1.29 is 9.59 Å². The molecule has 1 aromatic heterocycles. The normalized spacial score (nSPS) is 9.96. The van der Waals surface area contributed by atoms with Gasteiger partial charge in [0.15, 0.2) is 0 Å². The van der Waals surface area contributed by atoms with Gasteiger partial charge in [-0.05, 0) is 48.4 Å². The van der Waals surface area contributed by atoms with Gasteiger partial charge < -0.3 is 10.6 Å². The van der Waals surface area contributed by atoms with Crippen LogP contribution in [0.5, 0.6) is 0 Å². The molecule has 0 fully saturated rings. The zero-order valence-electron chi connectivity index (χ0n) is 15.1. The van der Waals surface area contributed by atoms with Crippen LogP contribution in [0.3, 0.4) is 0 Å². The third-order valence-electron chi connectivity index (χ3n) is 4.07. The number of hydrogen-bond donors (Lipinski definition) is 2. The molecule has 1 heterocycles. The molecule has 138 valence electrons. The highest BCUT2D eigenvalue weighted by Crippen LogP contribution is 2.11. The fourth-order valence-electron chi connectivity index (χ4n) is 2.58. The van der Waals surface area contributed by atoms with Gasteiger partial charge in [0, 0.05) is 24.0 Å². The average molecular weight is 370 g/mol. The van der Waals surface area contributed by atoms with E-state index in [9.17, 15) is 9.59 Å². The Morgan fingerprint density at radius 2 is 1.71 bits per heavy atom. The molecule has 2 aromatic carbocycles. The Morgan fingerprint density at radius 3 is 2.43 bits per heavy atom. The third-order valence-corrected chi connectivity index (χ3v) is 4.07. The van der Waals surface area contributed by atoms with Gasteiger partial charge in [-0.15, -0.1) is 0 Å². The Labute approximate surface area is 162 Å². The van der Waals surface area contributed by atoms with Gasteiger partial charge in [0.2, 0.25) is 0 Å². The number of nitrogens with zero attached hydrogens (tertiary/aromatic N) is 2. The maximum absolute atomic E-state index is 12.4. The Hall–Kier alpha value is -3.98. The third kappa shape index (κ3) is 5.02. The van der Waals surface area contributed by atoms with Crippen molar-refractivity contribution in [3.8, 4) is 6.07 Å². The predicted octanol–water partition coefficient (Wildman–Crippen LogP) is 3.18. The van der Waals surface area contributed by atoms with Gasteiger partial charge in [-0.2, -0.15) is 5.26 Å². The van der Waals surface area contributed by atoms with Crippen molar-refractivity contribution in [1.29, 1.82) is 5.26 Å². The lowest BCUT2D eigenvalue weighted by molar-refractivity contribution is 0.0949. The van der Waals surface area contributed by atoms with Gasteiger partial charge in [0.25, 0.3) is 11.8 Å². The monoisotopic (exact) mass is 370 g/mol. The summed E-state index contributed by atoms with van der Waals surface area (Å²) in [6.07, 6.45) is 2.14. The van der Waals surface area contributed by atoms with Crippen LogP contribution in [0.15, 0.2) is 72.9 Å². The molecule has 0 saturated carbocycles. The molecule has 3 aromatic rings. The molecule has 0 radical (unpaired) electrons. The van der Waals surface area contributed by atoms with E-state index in [-0.39, 0.29) is 17.5 Å². The number of carbonyl (C=O) groups excluding carboxylic acids is 2. The number of anilines is 1. The first kappa shape index (κ1) is 18.8. The second-order valence-corrected chi connectivity index (χ2v) is 6.06. The Kier molecular flexibility index (Phi) is 6.11. The van der Waals surface area contributed by atoms with E-state index in [1.807, 2.05) is 36.4 Å². The molecular formula is C22H18N4O2. The first-order valence-electron chi connectivity index (χ1n) is 8.75. The van der Waals surface area contributed by atoms with Gasteiger partial charge in [-0.1, -0.05) is 30.3 Å². The van der Waals surface area contributed by atoms with Crippen molar-refractivity contribution in [3.63, 3.8) is 0 Å². The molecule has 0 spiro atoms. The lowest BCUT2D eigenvalue weighted by atomic mass is 10.1. The van der Waals surface area contributed by atoms with Crippen molar-refractivity contribution in [1.82, 2.24) is 10.3 Å². The minimum absolute atomic E-state index is 0.181. The summed E-state index contributed by atoms with van der Waals surface area (Å²) in [4.78, 5) is 28.8. The molecule has 0 aliphatic carbocycles. The van der Waals surface area contributed by atoms with Crippen LogP contribution in [-0.4, -0.2) is 23.3 Å². The summed E-state index contributed by atoms with van der Waals surface area (Å²) >= 11 is 0. The minimum Gasteiger partial charge on any atom is -0.350 e. The van der Waals surface area contributed by atoms with Crippen molar-refractivity contribution in [2.75, 3.05) is 11.9 Å². The van der Waals surface area contributed by atoms with Crippen molar-refractivity contribution in [3.05, 3.63) is 95.3 Å². The summed E-state index contributed by atoms with van der Waals surface area (Å²) in [5.74, 6) is -0.686. The van der Waals surface area contributed by atoms with Crippen LogP contribution >= 0.6 is 0 Å². The zero-order valence-corrected chi connectivity index (χ0v) is 15.1. The van der Waals surface area contributed by atoms with Crippen LogP contribution in [0.1, 0.15) is 32.0 Å². The van der Waals surface area contributed by atoms with E-state index < -0.39 is 0 Å². The predicted molar refractivity (Wildman–Crippen MR) is 106 cm³/mol. The molecule has 0 bridgehead atoms. The van der Waals surface area contributed by atoms with Gasteiger partial charge in [0.1, 0.15) is 5.69 Å². The number of amides is 2. The molecule has 3 rings (SSSR count). The lowest BCUT2D eigenvalue weighted by Crippen LogP contribution is -2.27. The molecule has 2 N–H and O–H groups in total. The quantitative estimate of drug-likeness (QED) is 0.697. The molecule has 0 aliphatic rings. The van der Waals surface area contributed by atoms with Crippen molar-refractivity contribution >= 4 is 17.5 Å². The molecule has 6 nitrogen and oxygen atoms in total. The fraction of sp³-hybridized carbons (Fsp3) is 0.0909. The second-order valence-electron chi connectivity index (χ2n) is 6.06. The largest absolute Gasteiger partial charge is 0.350 e. The van der Waals surface area contributed by atoms with E-state index in [0.29, 0.717) is 29.8 Å². The maximum Gasteiger partial charge on any atom is 0.269 e. The molecule has 28 heavy (non-hydrogen) atoms. The van der Waals surface area contributed by atoms with E-state index in [1.54, 1.807) is 30.3 Å². The average Bonchev–Trinajstić information content (AvgIpc) is 2.75. The van der Waals surface area contributed by atoms with Crippen LogP contribution in [0, 0.1) is 11.3 Å². The van der Waals surface area contributed by atoms with Gasteiger partial charge in [-0.3, -0.25) is 14.6 Å². The molecule has 0 unspecified atom stereocenters. The van der Waals surface area contributed by atoms with E-state index in [1.165, 1.54) is 12.3 Å². The Bertz CT molecular complexity index is 1010. The Morgan fingerprint density at radius 1 is 0.964 bits per heavy atom. The minimum atomic E-state index is -0.356. The first-order chi connectivity index (χ1) is 13.7. The summed E-state index contributed by atoms with van der Waals surface area (Å²) < 4.78 is 0. The number of carbonyl (C=O) groups is 2. The summed E-state index contributed by atoms with van der Waals surface area (Å²) in [5, 5.41) is 14.4. The number of hydrogen-bond acceptors (Lipinski definition) is 4. The SMILES string of the molecule is N#Cc1ccc(NC(=O)c2ccnc(C(=O)NCCc3ccccc3)c2)cc1. The smallest absolute Gasteiger partial charge is 0.269 e. The highest BCUT2D eigenvalue weighted by molar-refractivity contribution is 6.05. The molecule has 0 aliphatic heterocycles. The van der Waals surface area contributed by atoms with E-state index in [4.69, 9.17) is 5.26 Å². The van der Waals surface area contributed by atoms with Crippen molar-refractivity contribution in [2.24, 2.45) is 0 Å². The maximum atomic E-state index is 12.4. The van der Waals surface area contributed by atoms with Crippen LogP contribution in [-0.2, 0) is 6.42 Å². The number of pyridine rings is 1. The van der Waals surface area contributed by atoms with Crippen LogP contribution in [0.2, 0.25) is 0 Å². The number of nitriles is 1. The Balaban J connectivity index is 1.59. The topological polar surface area (TPSA) is 94.9 Å². The van der Waals surface area contributed by atoms with Crippen molar-refractivity contribution in [2.45, 2.75) is 6.42 Å². The number of rotatable bonds is 6. The number of aromatic nitrogens is 1. The van der Waals surface area contributed by atoms with Crippen LogP contribution in [0.4, 0.5) is 5.69 Å². The zero-order chi connectivity index (χ0) is 19.8. The summed E-state index contributed by atoms with van der Waals surface area (Å²) in [7, 11) is 0. The second kappa shape index (κ2) is 9.10. The lowest BCUT2D eigenvalue weighted by Gasteiger charge is -2.08. The van der Waals surface area contributed by atoms with E-state index in [0.717, 1.165) is 5.56 Å². The number of benzene rings is 2. The first-order valence-corrected chi connectivity index (χ1v) is 8.75. The van der Waals surface area contributed by atoms with E-state index >= 15 is 0 Å². The standard InChI is InChI=1S/C22H18N4O2/c23-15-17-6-8-19(9-7-17)26-21(27)18-11-13-24-20(14-18)22(28)25-12-10-16-4-2-1-3-5-16/h1-9,11,13-14H,10,12H2,(H,25,28)(H,26,27). The molecule has 6 heteroatoms. The number of nitrogens with one attached hydrogen (secondary N) is 2. The van der Waals surface area contributed by atoms with Gasteiger partial charge >= 0.3 is 0 Å². The highest BCUT2D eigenvalue weighted by atomic mass is 16.2. The summed E-state index contributed by atoms with van der Waals surface area (Å²) in [5.41, 5.74) is 2.71. The molecular weight excluding hydrogens is 352 g/mol. The summed E-state index contributed by atoms with van der Waals surface area (Å²) in [6, 6.07) is 21.4.